The van der Waals surface area contributed by atoms with Crippen LogP contribution in [0.25, 0.3) is 6.08 Å². The maximum atomic E-state index is 12.3. The van der Waals surface area contributed by atoms with Gasteiger partial charge in [0.15, 0.2) is 18.1 Å². The number of nitriles is 1. The molecule has 0 saturated carbocycles. The minimum absolute atomic E-state index is 0.000666. The van der Waals surface area contributed by atoms with Crippen LogP contribution < -0.4 is 14.8 Å². The van der Waals surface area contributed by atoms with E-state index in [9.17, 15) is 14.9 Å². The van der Waals surface area contributed by atoms with Gasteiger partial charge in [0, 0.05) is 13.2 Å². The first kappa shape index (κ1) is 22.2. The van der Waals surface area contributed by atoms with Crippen molar-refractivity contribution in [2.45, 2.75) is 32.8 Å². The molecule has 1 N–H and O–H groups in total. The van der Waals surface area contributed by atoms with E-state index in [1.807, 2.05) is 13.0 Å². The fourth-order valence-electron chi connectivity index (χ4n) is 2.76. The van der Waals surface area contributed by atoms with Gasteiger partial charge in [0.1, 0.15) is 11.6 Å². The summed E-state index contributed by atoms with van der Waals surface area (Å²) in [4.78, 5) is 23.8. The lowest BCUT2D eigenvalue weighted by atomic mass is 10.1. The van der Waals surface area contributed by atoms with E-state index < -0.39 is 11.9 Å². The van der Waals surface area contributed by atoms with E-state index in [0.29, 0.717) is 36.8 Å². The molecule has 1 amide bonds. The summed E-state index contributed by atoms with van der Waals surface area (Å²) >= 11 is 0. The Labute approximate surface area is 170 Å². The zero-order valence-electron chi connectivity index (χ0n) is 16.7. The molecule has 8 heteroatoms. The Hall–Kier alpha value is -3.05. The molecule has 1 heterocycles. The topological polar surface area (TPSA) is 107 Å². The van der Waals surface area contributed by atoms with Gasteiger partial charge in [-0.15, -0.1) is 0 Å². The van der Waals surface area contributed by atoms with Crippen molar-refractivity contribution in [3.05, 3.63) is 29.3 Å². The van der Waals surface area contributed by atoms with Crippen LogP contribution in [0.3, 0.4) is 0 Å². The number of rotatable bonds is 10. The number of benzene rings is 1. The van der Waals surface area contributed by atoms with E-state index in [2.05, 4.69) is 5.32 Å². The number of hydrogen-bond acceptors (Lipinski definition) is 7. The molecule has 2 rings (SSSR count). The normalized spacial score (nSPS) is 16.0. The first-order chi connectivity index (χ1) is 14.1. The lowest BCUT2D eigenvalue weighted by Gasteiger charge is -2.12. The zero-order chi connectivity index (χ0) is 21.1. The van der Waals surface area contributed by atoms with Crippen molar-refractivity contribution in [1.82, 2.24) is 5.32 Å². The van der Waals surface area contributed by atoms with Gasteiger partial charge in [-0.2, -0.15) is 5.26 Å². The number of esters is 1. The van der Waals surface area contributed by atoms with Gasteiger partial charge in [-0.1, -0.05) is 6.07 Å². The summed E-state index contributed by atoms with van der Waals surface area (Å²) in [5, 5.41) is 12.1. The van der Waals surface area contributed by atoms with Gasteiger partial charge < -0.3 is 24.3 Å². The smallest absolute Gasteiger partial charge is 0.344 e. The highest BCUT2D eigenvalue weighted by Crippen LogP contribution is 2.29. The second-order valence-electron chi connectivity index (χ2n) is 6.25. The lowest BCUT2D eigenvalue weighted by molar-refractivity contribution is -0.145. The van der Waals surface area contributed by atoms with Crippen molar-refractivity contribution in [1.29, 1.82) is 5.26 Å². The first-order valence-electron chi connectivity index (χ1n) is 9.64. The van der Waals surface area contributed by atoms with E-state index in [1.165, 1.54) is 6.08 Å². The molecule has 0 radical (unpaired) electrons. The molecule has 1 saturated heterocycles. The van der Waals surface area contributed by atoms with Crippen LogP contribution in [-0.4, -0.2) is 51.0 Å². The number of carbonyl (C=O) groups excluding carboxylic acids is 2. The summed E-state index contributed by atoms with van der Waals surface area (Å²) in [6.07, 6.45) is 3.35. The zero-order valence-corrected chi connectivity index (χ0v) is 16.7. The largest absolute Gasteiger partial charge is 0.490 e. The van der Waals surface area contributed by atoms with Crippen molar-refractivity contribution >= 4 is 18.0 Å². The summed E-state index contributed by atoms with van der Waals surface area (Å²) in [5.74, 6) is -0.154. The number of amides is 1. The minimum atomic E-state index is -0.478. The molecule has 8 nitrogen and oxygen atoms in total. The molecule has 1 fully saturated rings. The molecule has 1 aliphatic rings. The van der Waals surface area contributed by atoms with Gasteiger partial charge in [-0.3, -0.25) is 4.79 Å². The van der Waals surface area contributed by atoms with Crippen LogP contribution in [0.15, 0.2) is 23.8 Å². The number of ether oxygens (including phenoxy) is 4. The lowest BCUT2D eigenvalue weighted by Crippen LogP contribution is -2.32. The molecule has 1 aromatic rings. The fraction of sp³-hybridized carbons (Fsp3) is 0.476. The first-order valence-corrected chi connectivity index (χ1v) is 9.64. The molecule has 1 atom stereocenters. The van der Waals surface area contributed by atoms with Crippen LogP contribution in [0, 0.1) is 11.3 Å². The quantitative estimate of drug-likeness (QED) is 0.363. The van der Waals surface area contributed by atoms with Crippen molar-refractivity contribution in [3.8, 4) is 17.6 Å². The van der Waals surface area contributed by atoms with Crippen molar-refractivity contribution < 1.29 is 28.5 Å². The molecule has 1 aromatic carbocycles. The molecular weight excluding hydrogens is 376 g/mol. The van der Waals surface area contributed by atoms with Crippen molar-refractivity contribution in [2.75, 3.05) is 33.0 Å². The summed E-state index contributed by atoms with van der Waals surface area (Å²) in [6.45, 7) is 5.03. The highest BCUT2D eigenvalue weighted by atomic mass is 16.6. The van der Waals surface area contributed by atoms with Crippen LogP contribution in [-0.2, 0) is 19.1 Å². The van der Waals surface area contributed by atoms with E-state index in [4.69, 9.17) is 18.9 Å². The highest BCUT2D eigenvalue weighted by molar-refractivity contribution is 6.01. The van der Waals surface area contributed by atoms with E-state index in [-0.39, 0.29) is 24.9 Å². The average molecular weight is 402 g/mol. The summed E-state index contributed by atoms with van der Waals surface area (Å²) in [7, 11) is 0. The third-order valence-electron chi connectivity index (χ3n) is 4.11. The monoisotopic (exact) mass is 402 g/mol. The van der Waals surface area contributed by atoms with Crippen molar-refractivity contribution in [2.24, 2.45) is 0 Å². The summed E-state index contributed by atoms with van der Waals surface area (Å²) in [5.41, 5.74) is 0.575. The molecule has 0 bridgehead atoms. The minimum Gasteiger partial charge on any atom is -0.490 e. The predicted molar refractivity (Wildman–Crippen MR) is 105 cm³/mol. The van der Waals surface area contributed by atoms with Crippen LogP contribution >= 0.6 is 0 Å². The molecule has 0 aliphatic carbocycles. The summed E-state index contributed by atoms with van der Waals surface area (Å²) < 4.78 is 21.3. The predicted octanol–water partition coefficient (Wildman–Crippen LogP) is 2.23. The Morgan fingerprint density at radius 3 is 2.76 bits per heavy atom. The Bertz CT molecular complexity index is 778. The van der Waals surface area contributed by atoms with Crippen LogP contribution in [0.4, 0.5) is 0 Å². The SMILES string of the molecule is CCOC(=O)COc1ccc(/C=C(\C#N)C(=O)NC[C@@H]2CCCO2)cc1OCC. The Morgan fingerprint density at radius 2 is 2.10 bits per heavy atom. The van der Waals surface area contributed by atoms with Crippen molar-refractivity contribution in [3.63, 3.8) is 0 Å². The van der Waals surface area contributed by atoms with Gasteiger partial charge in [-0.05, 0) is 50.5 Å². The molecule has 0 unspecified atom stereocenters. The summed E-state index contributed by atoms with van der Waals surface area (Å²) in [6, 6.07) is 6.86. The van der Waals surface area contributed by atoms with E-state index in [0.717, 1.165) is 12.8 Å². The average Bonchev–Trinajstić information content (AvgIpc) is 3.23. The fourth-order valence-corrected chi connectivity index (χ4v) is 2.76. The second-order valence-corrected chi connectivity index (χ2v) is 6.25. The maximum Gasteiger partial charge on any atom is 0.344 e. The number of carbonyl (C=O) groups is 2. The van der Waals surface area contributed by atoms with Gasteiger partial charge >= 0.3 is 5.97 Å². The van der Waals surface area contributed by atoms with Crippen LogP contribution in [0.5, 0.6) is 11.5 Å². The molecule has 156 valence electrons. The second kappa shape index (κ2) is 11.7. The van der Waals surface area contributed by atoms with E-state index >= 15 is 0 Å². The number of hydrogen-bond donors (Lipinski definition) is 1. The Kier molecular flexibility index (Phi) is 8.99. The van der Waals surface area contributed by atoms with Gasteiger partial charge in [0.05, 0.1) is 19.3 Å². The Morgan fingerprint density at radius 1 is 1.28 bits per heavy atom. The highest BCUT2D eigenvalue weighted by Gasteiger charge is 2.18. The standard InChI is InChI=1S/C21H26N2O6/c1-3-26-19-11-15(7-8-18(19)29-14-20(24)27-4-2)10-16(12-22)21(25)23-13-17-6-5-9-28-17/h7-8,10-11,17H,3-6,9,13-14H2,1-2H3,(H,23,25)/b16-10+/t17-/m0/s1. The number of nitrogens with one attached hydrogen (secondary N) is 1. The van der Waals surface area contributed by atoms with Gasteiger partial charge in [0.25, 0.3) is 5.91 Å². The van der Waals surface area contributed by atoms with E-state index in [1.54, 1.807) is 25.1 Å². The molecular formula is C21H26N2O6. The molecule has 1 aliphatic heterocycles. The molecule has 0 spiro atoms. The third-order valence-corrected chi connectivity index (χ3v) is 4.11. The molecule has 29 heavy (non-hydrogen) atoms. The maximum absolute atomic E-state index is 12.3. The van der Waals surface area contributed by atoms with Gasteiger partial charge in [-0.25, -0.2) is 4.79 Å². The van der Waals surface area contributed by atoms with Crippen LogP contribution in [0.2, 0.25) is 0 Å². The van der Waals surface area contributed by atoms with Gasteiger partial charge in [0.2, 0.25) is 0 Å². The van der Waals surface area contributed by atoms with Crippen LogP contribution in [0.1, 0.15) is 32.3 Å². The number of nitrogens with zero attached hydrogens (tertiary/aromatic N) is 1. The third kappa shape index (κ3) is 7.12. The Balaban J connectivity index is 2.08. The molecule has 0 aromatic heterocycles.